The van der Waals surface area contributed by atoms with Crippen LogP contribution in [0.4, 0.5) is 0 Å². The van der Waals surface area contributed by atoms with Gasteiger partial charge in [-0.3, -0.25) is 9.11 Å². The second kappa shape index (κ2) is 2.72. The van der Waals surface area contributed by atoms with Gasteiger partial charge in [0, 0.05) is 0 Å². The van der Waals surface area contributed by atoms with E-state index in [1.165, 1.54) is 0 Å². The quantitative estimate of drug-likeness (QED) is 0.331. The lowest BCUT2D eigenvalue weighted by atomic mass is 15.8. The fraction of sp³-hybridized carbons (Fsp3) is 0. The maximum Gasteiger partial charge on any atom is 1.00 e. The first-order valence-corrected chi connectivity index (χ1v) is 2.10. The molecule has 0 aromatic rings. The highest BCUT2D eigenvalue weighted by atomic mass is 127. The molecule has 0 heterocycles. The molecule has 0 fully saturated rings. The van der Waals surface area contributed by atoms with Crippen molar-refractivity contribution < 1.29 is 42.9 Å². The van der Waals surface area contributed by atoms with Gasteiger partial charge in [-0.25, -0.2) is 0 Å². The lowest BCUT2D eigenvalue weighted by molar-refractivity contribution is -0.00000783. The van der Waals surface area contributed by atoms with E-state index >= 15 is 0 Å². The predicted octanol–water partition coefficient (Wildman–Crippen LogP) is -3.54. The van der Waals surface area contributed by atoms with Crippen LogP contribution in [0.2, 0.25) is 0 Å². The molecule has 6 heavy (non-hydrogen) atoms. The Hall–Kier alpha value is 0.600. The lowest BCUT2D eigenvalue weighted by Crippen LogP contribution is -3.00. The molecule has 0 atom stereocenters. The van der Waals surface area contributed by atoms with Gasteiger partial charge in [0.25, 0.3) is 0 Å². The fourth-order valence-electron chi connectivity index (χ4n) is 0. The monoisotopic (exact) mass is 226 g/mol. The van der Waals surface area contributed by atoms with E-state index < -0.39 is 10.4 Å². The molecule has 0 bridgehead atoms. The normalized spacial score (nSPS) is 9.67. The first kappa shape index (κ1) is 9.78. The van der Waals surface area contributed by atoms with Crippen LogP contribution in [0.1, 0.15) is 1.43 Å². The van der Waals surface area contributed by atoms with Crippen molar-refractivity contribution in [3.63, 3.8) is 0 Å². The summed E-state index contributed by atoms with van der Waals surface area (Å²) in [7, 11) is -4.67. The van der Waals surface area contributed by atoms with E-state index in [2.05, 4.69) is 0 Å². The zero-order valence-corrected chi connectivity index (χ0v) is 5.47. The van der Waals surface area contributed by atoms with E-state index in [0.717, 1.165) is 0 Å². The van der Waals surface area contributed by atoms with E-state index in [4.69, 9.17) is 17.5 Å². The van der Waals surface area contributed by atoms with E-state index in [1.54, 1.807) is 0 Å². The minimum atomic E-state index is -4.67. The Bertz CT molecular complexity index is 94.9. The van der Waals surface area contributed by atoms with Crippen LogP contribution in [0, 0.1) is 0 Å². The van der Waals surface area contributed by atoms with E-state index in [0.29, 0.717) is 0 Å². The molecule has 0 saturated carbocycles. The van der Waals surface area contributed by atoms with E-state index in [9.17, 15) is 0 Å². The molecule has 0 aliphatic rings. The van der Waals surface area contributed by atoms with Crippen molar-refractivity contribution in [2.45, 2.75) is 0 Å². The van der Waals surface area contributed by atoms with Gasteiger partial charge in [-0.15, -0.1) is 0 Å². The van der Waals surface area contributed by atoms with Gasteiger partial charge < -0.3 is 24.0 Å². The second-order valence-corrected chi connectivity index (χ2v) is 1.34. The van der Waals surface area contributed by atoms with Crippen LogP contribution in [0.25, 0.3) is 0 Å². The largest absolute Gasteiger partial charge is 1.00 e. The van der Waals surface area contributed by atoms with Crippen LogP contribution in [0.5, 0.6) is 0 Å². The Morgan fingerprint density at radius 2 is 1.33 bits per heavy atom. The molecule has 40 valence electrons. The second-order valence-electron chi connectivity index (χ2n) is 0.448. The first-order valence-electron chi connectivity index (χ1n) is 0.698. The maximum absolute atomic E-state index is 8.74. The minimum absolute atomic E-state index is 0. The summed E-state index contributed by atoms with van der Waals surface area (Å²) >= 11 is 0. The van der Waals surface area contributed by atoms with Crippen LogP contribution >= 0.6 is 0 Å². The summed E-state index contributed by atoms with van der Waals surface area (Å²) in [6.07, 6.45) is 0. The van der Waals surface area contributed by atoms with Gasteiger partial charge in [0.15, 0.2) is 0 Å². The van der Waals surface area contributed by atoms with Crippen molar-refractivity contribution in [3.05, 3.63) is 0 Å². The highest BCUT2D eigenvalue weighted by Gasteiger charge is 1.84. The molecule has 0 aliphatic carbocycles. The van der Waals surface area contributed by atoms with E-state index in [1.807, 2.05) is 0 Å². The lowest BCUT2D eigenvalue weighted by Gasteiger charge is -1.68. The van der Waals surface area contributed by atoms with Crippen molar-refractivity contribution in [2.75, 3.05) is 0 Å². The molecular formula is H3IO4S. The summed E-state index contributed by atoms with van der Waals surface area (Å²) in [5, 5.41) is 0. The van der Waals surface area contributed by atoms with Crippen molar-refractivity contribution in [1.82, 2.24) is 0 Å². The third-order valence-electron chi connectivity index (χ3n) is 0. The molecule has 0 radical (unpaired) electrons. The zero-order chi connectivity index (χ0) is 4.50. The van der Waals surface area contributed by atoms with Gasteiger partial charge in [0.05, 0.1) is 0 Å². The van der Waals surface area contributed by atoms with Gasteiger partial charge in [-0.2, -0.15) is 8.42 Å². The van der Waals surface area contributed by atoms with Crippen molar-refractivity contribution in [2.24, 2.45) is 0 Å². The summed E-state index contributed by atoms with van der Waals surface area (Å²) < 4.78 is 31.6. The van der Waals surface area contributed by atoms with Gasteiger partial charge in [0.2, 0.25) is 0 Å². The average molecular weight is 226 g/mol. The molecular weight excluding hydrogens is 223 g/mol. The molecule has 4 nitrogen and oxygen atoms in total. The van der Waals surface area contributed by atoms with Crippen molar-refractivity contribution >= 4 is 10.4 Å². The number of hydrogen-bond donors (Lipinski definition) is 2. The fourth-order valence-corrected chi connectivity index (χ4v) is 0. The smallest absolute Gasteiger partial charge is 1.00 e. The summed E-state index contributed by atoms with van der Waals surface area (Å²) in [6, 6.07) is 0. The van der Waals surface area contributed by atoms with Crippen LogP contribution in [-0.4, -0.2) is 17.5 Å². The number of halogens is 1. The van der Waals surface area contributed by atoms with Crippen molar-refractivity contribution in [1.29, 1.82) is 0 Å². The Kier molecular flexibility index (Phi) is 4.43. The molecule has 0 unspecified atom stereocenters. The molecule has 0 rings (SSSR count). The summed E-state index contributed by atoms with van der Waals surface area (Å²) in [5.41, 5.74) is 0. The highest BCUT2D eigenvalue weighted by Crippen LogP contribution is 1.59. The highest BCUT2D eigenvalue weighted by molar-refractivity contribution is 7.79. The Labute approximate surface area is 53.6 Å². The first-order chi connectivity index (χ1) is 2.00. The van der Waals surface area contributed by atoms with Crippen LogP contribution in [0.15, 0.2) is 0 Å². The summed E-state index contributed by atoms with van der Waals surface area (Å²) in [5.74, 6) is 0. The zero-order valence-electron chi connectivity index (χ0n) is 3.50. The molecule has 2 N–H and O–H groups in total. The summed E-state index contributed by atoms with van der Waals surface area (Å²) in [6.45, 7) is 0. The molecule has 0 aliphatic heterocycles. The van der Waals surface area contributed by atoms with Crippen LogP contribution < -0.4 is 24.0 Å². The molecule has 0 aromatic heterocycles. The molecule has 0 spiro atoms. The minimum Gasteiger partial charge on any atom is -1.00 e. The average Bonchev–Trinajstić information content (AvgIpc) is 0.722. The predicted molar refractivity (Wildman–Crippen MR) is 15.3 cm³/mol. The maximum atomic E-state index is 8.74. The van der Waals surface area contributed by atoms with Crippen molar-refractivity contribution in [3.8, 4) is 0 Å². The SMILES string of the molecule is O=S(=O)(O)O.[H+].[I-]. The van der Waals surface area contributed by atoms with Gasteiger partial charge in [0.1, 0.15) is 0 Å². The standard InChI is InChI=1S/HI.H2O4S/c;1-5(2,3)4/h1H;(H2,1,2,3,4). The third kappa shape index (κ3) is 166. The molecule has 6 heteroatoms. The van der Waals surface area contributed by atoms with E-state index in [-0.39, 0.29) is 25.4 Å². The summed E-state index contributed by atoms with van der Waals surface area (Å²) in [4.78, 5) is 0. The molecule has 0 amide bonds. The topological polar surface area (TPSA) is 74.6 Å². The molecule has 0 aromatic carbocycles. The number of rotatable bonds is 0. The Balaban J connectivity index is -0.0000000800. The van der Waals surface area contributed by atoms with Crippen LogP contribution in [0.3, 0.4) is 0 Å². The Morgan fingerprint density at radius 1 is 1.33 bits per heavy atom. The third-order valence-corrected chi connectivity index (χ3v) is 0. The van der Waals surface area contributed by atoms with Gasteiger partial charge >= 0.3 is 11.8 Å². The molecule has 0 saturated heterocycles. The van der Waals surface area contributed by atoms with Crippen LogP contribution in [-0.2, 0) is 10.4 Å². The number of hydrogen-bond acceptors (Lipinski definition) is 2. The Morgan fingerprint density at radius 3 is 1.33 bits per heavy atom. The van der Waals surface area contributed by atoms with Gasteiger partial charge in [-0.05, 0) is 0 Å². The van der Waals surface area contributed by atoms with Gasteiger partial charge in [-0.1, -0.05) is 0 Å².